The van der Waals surface area contributed by atoms with E-state index < -0.39 is 176 Å². The van der Waals surface area contributed by atoms with Crippen LogP contribution in [0.4, 0.5) is 149 Å². The van der Waals surface area contributed by atoms with Crippen LogP contribution < -0.4 is 0 Å². The number of thiocarbonyl (C=S) groups is 1. The van der Waals surface area contributed by atoms with Crippen LogP contribution in [0.2, 0.25) is 0 Å². The van der Waals surface area contributed by atoms with Gasteiger partial charge in [0.1, 0.15) is 24.9 Å². The monoisotopic (exact) mass is 1260 g/mol. The third-order valence-corrected chi connectivity index (χ3v) is 11.8. The van der Waals surface area contributed by atoms with Gasteiger partial charge in [-0.2, -0.15) is 149 Å². The summed E-state index contributed by atoms with van der Waals surface area (Å²) in [6.45, 7) is -2.84. The molecule has 2 fully saturated rings. The van der Waals surface area contributed by atoms with Crippen molar-refractivity contribution in [2.45, 2.75) is 172 Å². The minimum atomic E-state index is -9.06. The Kier molecular flexibility index (Phi) is 18.7. The van der Waals surface area contributed by atoms with E-state index in [4.69, 9.17) is 35.9 Å². The number of nitrogens with zero attached hydrogens (tertiary/aromatic N) is 1. The molecule has 0 aliphatic carbocycles. The van der Waals surface area contributed by atoms with E-state index in [1.54, 1.807) is 6.07 Å². The summed E-state index contributed by atoms with van der Waals surface area (Å²) in [6.07, 6.45) is -33.1. The predicted octanol–water partition coefficient (Wildman–Crippen LogP) is 14.6. The first-order valence-corrected chi connectivity index (χ1v) is 21.1. The fourth-order valence-electron chi connectivity index (χ4n) is 6.89. The maximum Gasteiger partial charge on any atom is 0.460 e. The summed E-state index contributed by atoms with van der Waals surface area (Å²) in [7, 11) is 0. The van der Waals surface area contributed by atoms with E-state index in [2.05, 4.69) is 0 Å². The fourth-order valence-corrected chi connectivity index (χ4v) is 7.14. The molecule has 0 saturated carbocycles. The van der Waals surface area contributed by atoms with Gasteiger partial charge in [-0.3, -0.25) is 0 Å². The minimum Gasteiger partial charge on any atom is -0.468 e. The van der Waals surface area contributed by atoms with Crippen molar-refractivity contribution in [2.75, 3.05) is 19.7 Å². The molecule has 79 heavy (non-hydrogen) atoms. The molecule has 2 aliphatic heterocycles. The number of rotatable bonds is 25. The number of alkyl halides is 34. The van der Waals surface area contributed by atoms with Crippen LogP contribution in [0.3, 0.4) is 0 Å². The maximum atomic E-state index is 14.8. The van der Waals surface area contributed by atoms with Crippen molar-refractivity contribution >= 4 is 17.4 Å². The van der Waals surface area contributed by atoms with Gasteiger partial charge in [0.25, 0.3) is 5.17 Å². The second-order valence-electron chi connectivity index (χ2n) is 17.5. The van der Waals surface area contributed by atoms with Gasteiger partial charge in [-0.05, 0) is 44.5 Å². The molecule has 1 aromatic carbocycles. The van der Waals surface area contributed by atoms with E-state index in [-0.39, 0.29) is 11.5 Å². The van der Waals surface area contributed by atoms with Gasteiger partial charge in [0.05, 0.1) is 6.61 Å². The summed E-state index contributed by atoms with van der Waals surface area (Å²) < 4.78 is 497. The molecule has 0 radical (unpaired) electrons. The molecule has 1 aromatic rings. The van der Waals surface area contributed by atoms with Gasteiger partial charge in [0.15, 0.2) is 12.1 Å². The molecule has 0 unspecified atom stereocenters. The Morgan fingerprint density at radius 1 is 0.468 bits per heavy atom. The molecular weight excluding hydrogens is 1230 g/mol. The van der Waals surface area contributed by atoms with E-state index in [0.717, 1.165) is 0 Å². The van der Waals surface area contributed by atoms with Gasteiger partial charge in [-0.1, -0.05) is 30.3 Å². The van der Waals surface area contributed by atoms with E-state index >= 15 is 0 Å². The van der Waals surface area contributed by atoms with Gasteiger partial charge >= 0.3 is 95.3 Å². The molecule has 4 atom stereocenters. The van der Waals surface area contributed by atoms with Gasteiger partial charge in [0, 0.05) is 25.9 Å². The smallest absolute Gasteiger partial charge is 0.460 e. The summed E-state index contributed by atoms with van der Waals surface area (Å²) >= 11 is 4.70. The van der Waals surface area contributed by atoms with E-state index in [9.17, 15) is 149 Å². The van der Waals surface area contributed by atoms with Crippen molar-refractivity contribution in [3.8, 4) is 0 Å². The van der Waals surface area contributed by atoms with E-state index in [1.807, 2.05) is 0 Å². The van der Waals surface area contributed by atoms with Crippen molar-refractivity contribution in [1.82, 2.24) is 4.90 Å². The van der Waals surface area contributed by atoms with Crippen LogP contribution >= 0.6 is 12.2 Å². The lowest BCUT2D eigenvalue weighted by Gasteiger charge is -2.43. The van der Waals surface area contributed by atoms with Crippen LogP contribution in [0, 0.1) is 0 Å². The number of hydrogen-bond acceptors (Lipinski definition) is 6. The van der Waals surface area contributed by atoms with Gasteiger partial charge in [0.2, 0.25) is 0 Å². The summed E-state index contributed by atoms with van der Waals surface area (Å²) in [4.78, 5) is -0.273. The highest BCUT2D eigenvalue weighted by molar-refractivity contribution is 7.80. The summed E-state index contributed by atoms with van der Waals surface area (Å²) in [5, 5.41) is -1.56. The highest BCUT2D eigenvalue weighted by atomic mass is 32.1. The third kappa shape index (κ3) is 11.5. The first-order chi connectivity index (χ1) is 34.7. The van der Waals surface area contributed by atoms with Gasteiger partial charge in [-0.15, -0.1) is 0 Å². The molecule has 0 aromatic heterocycles. The molecule has 0 amide bonds. The molecule has 462 valence electrons. The largest absolute Gasteiger partial charge is 0.468 e. The van der Waals surface area contributed by atoms with Crippen LogP contribution in [0.5, 0.6) is 0 Å². The zero-order chi connectivity index (χ0) is 62.3. The normalized spacial score (nSPS) is 21.4. The number of hydrogen-bond donors (Lipinski definition) is 0. The fraction of sp³-hybridized carbons (Fsp3) is 0.816. The predicted molar refractivity (Wildman–Crippen MR) is 194 cm³/mol. The average molecular weight is 1260 g/mol. The molecule has 0 N–H and O–H groups in total. The summed E-state index contributed by atoms with van der Waals surface area (Å²) in [6, 6.07) is 7.67. The van der Waals surface area contributed by atoms with Crippen molar-refractivity contribution in [2.24, 2.45) is 0 Å². The second kappa shape index (κ2) is 21.2. The Morgan fingerprint density at radius 3 is 1.13 bits per heavy atom. The lowest BCUT2D eigenvalue weighted by Crippen LogP contribution is -2.74. The standard InChI is InChI=1S/C38H31F34NO5S/c1-22(2)77-18-17(76-20(19(18)78-22)74-14-16-8-4-3-5-9-16)15-75-21(79)73(12-6-10-23(39,40)25(43,44)27(47,48)29(51,52)31(55,56)33(59,60)35(63,64)37(67,68)69)13-7-11-24(41,42)26(45,46)28(49,50)30(53,54)32(57,58)34(61,62)36(65,66)38(70,71)72/h3-5,8-9,17-20H,6-7,10-15H2,1-2H3/t17-,18+,19+,20+/m1/s1. The maximum absolute atomic E-state index is 14.8. The SMILES string of the molecule is CC1(C)O[C@@H]2[C@@H](OCc3ccccc3)O[C@H](COC(=S)N(CCCC(F)(F)C(F)(F)C(F)(F)C(F)(F)C(F)(F)C(F)(F)C(F)(F)C(F)(F)F)CCCC(F)(F)C(F)(F)C(F)(F)C(F)(F)C(F)(F)C(F)(F)C(F)(F)C(F)(F)F)[C@@H]2O1. The Hall–Kier alpha value is -3.63. The number of ether oxygens (including phenoxy) is 5. The minimum absolute atomic E-state index is 0.273. The van der Waals surface area contributed by atoms with Crippen molar-refractivity contribution in [1.29, 1.82) is 0 Å². The Labute approximate surface area is 422 Å². The molecule has 0 spiro atoms. The Balaban J connectivity index is 1.99. The molecule has 6 nitrogen and oxygen atoms in total. The van der Waals surface area contributed by atoms with Crippen molar-refractivity contribution in [3.05, 3.63) is 35.9 Å². The number of fused-ring (bicyclic) bond motifs is 1. The first-order valence-electron chi connectivity index (χ1n) is 20.7. The summed E-state index contributed by atoms with van der Waals surface area (Å²) in [5.41, 5.74) is 0.467. The molecule has 2 saturated heterocycles. The van der Waals surface area contributed by atoms with Crippen LogP contribution in [0.15, 0.2) is 30.3 Å². The molecule has 2 aliphatic rings. The number of halogens is 34. The van der Waals surface area contributed by atoms with E-state index in [1.165, 1.54) is 38.1 Å². The van der Waals surface area contributed by atoms with Crippen molar-refractivity contribution < 1.29 is 173 Å². The van der Waals surface area contributed by atoms with Gasteiger partial charge in [-0.25, -0.2) is 0 Å². The summed E-state index contributed by atoms with van der Waals surface area (Å²) in [5.74, 6) is -121. The van der Waals surface area contributed by atoms with Crippen LogP contribution in [0.25, 0.3) is 0 Å². The average Bonchev–Trinajstić information content (AvgIpc) is 3.77. The second-order valence-corrected chi connectivity index (χ2v) is 17.8. The zero-order valence-corrected chi connectivity index (χ0v) is 38.9. The highest BCUT2D eigenvalue weighted by Crippen LogP contribution is 2.66. The van der Waals surface area contributed by atoms with Crippen molar-refractivity contribution in [3.63, 3.8) is 0 Å². The molecule has 0 bridgehead atoms. The molecule has 41 heteroatoms. The molecular formula is C38H31F34NO5S. The number of benzene rings is 1. The lowest BCUT2D eigenvalue weighted by molar-refractivity contribution is -0.461. The van der Waals surface area contributed by atoms with Crippen LogP contribution in [0.1, 0.15) is 45.1 Å². The van der Waals surface area contributed by atoms with Gasteiger partial charge < -0.3 is 28.6 Å². The molecule has 3 rings (SSSR count). The quantitative estimate of drug-likeness (QED) is 0.0714. The molecule has 2 heterocycles. The Morgan fingerprint density at radius 2 is 0.785 bits per heavy atom. The topological polar surface area (TPSA) is 49.4 Å². The van der Waals surface area contributed by atoms with Crippen LogP contribution in [-0.2, 0) is 30.3 Å². The third-order valence-electron chi connectivity index (χ3n) is 11.4. The Bertz CT molecular complexity index is 2150. The van der Waals surface area contributed by atoms with E-state index in [0.29, 0.717) is 5.56 Å². The highest BCUT2D eigenvalue weighted by Gasteiger charge is 2.97. The first kappa shape index (κ1) is 69.6. The lowest BCUT2D eigenvalue weighted by atomic mass is 9.88. The zero-order valence-electron chi connectivity index (χ0n) is 38.1. The van der Waals surface area contributed by atoms with Crippen LogP contribution in [-0.4, -0.2) is 155 Å².